The molecule has 12 heteroatoms. The minimum Gasteiger partial charge on any atom is -0.417 e. The number of nitrogens with zero attached hydrogens (tertiary/aromatic N) is 5. The molecule has 3 aromatic heterocycles. The number of benzene rings is 2. The van der Waals surface area contributed by atoms with Gasteiger partial charge in [0.25, 0.3) is 11.4 Å². The predicted octanol–water partition coefficient (Wildman–Crippen LogP) is 4.29. The fourth-order valence-corrected chi connectivity index (χ4v) is 5.55. The maximum atomic E-state index is 13.5. The Morgan fingerprint density at radius 2 is 1.76 bits per heavy atom. The topological polar surface area (TPSA) is 145 Å². The van der Waals surface area contributed by atoms with Crippen molar-refractivity contribution >= 4 is 39.1 Å². The van der Waals surface area contributed by atoms with Crippen molar-refractivity contribution in [3.63, 3.8) is 0 Å². The number of amides is 1. The smallest absolute Gasteiger partial charge is 0.294 e. The van der Waals surface area contributed by atoms with Crippen LogP contribution in [0.1, 0.15) is 49.3 Å². The fraction of sp³-hybridized carbons (Fsp3) is 0.300. The van der Waals surface area contributed by atoms with Gasteiger partial charge in [0, 0.05) is 7.05 Å². The third-order valence-electron chi connectivity index (χ3n) is 6.93. The zero-order valence-electron chi connectivity index (χ0n) is 23.9. The zero-order valence-corrected chi connectivity index (χ0v) is 24.7. The highest BCUT2D eigenvalue weighted by Gasteiger charge is 2.36. The minimum atomic E-state index is -0.960. The van der Waals surface area contributed by atoms with E-state index in [2.05, 4.69) is 25.8 Å². The van der Waals surface area contributed by atoms with Gasteiger partial charge < -0.3 is 15.1 Å². The molecule has 0 saturated heterocycles. The molecule has 1 atom stereocenters. The van der Waals surface area contributed by atoms with E-state index in [1.54, 1.807) is 20.9 Å². The molecule has 3 heterocycles. The van der Waals surface area contributed by atoms with E-state index in [0.29, 0.717) is 5.69 Å². The quantitative estimate of drug-likeness (QED) is 0.229. The Labute approximate surface area is 246 Å². The van der Waals surface area contributed by atoms with Gasteiger partial charge in [-0.2, -0.15) is 0 Å². The van der Waals surface area contributed by atoms with Crippen LogP contribution >= 0.6 is 11.3 Å². The summed E-state index contributed by atoms with van der Waals surface area (Å²) in [5.74, 6) is -1.20. The number of nitrogens with one attached hydrogen (secondary N) is 2. The number of fused-ring (bicyclic) bond motifs is 1. The van der Waals surface area contributed by atoms with Crippen molar-refractivity contribution < 1.29 is 14.0 Å². The summed E-state index contributed by atoms with van der Waals surface area (Å²) in [7, 11) is 1.58. The van der Waals surface area contributed by atoms with Crippen molar-refractivity contribution in [2.24, 2.45) is 5.92 Å². The van der Waals surface area contributed by atoms with Gasteiger partial charge in [-0.15, -0.1) is 21.5 Å². The molecule has 2 N–H and O–H groups in total. The number of aromatic nitrogens is 5. The first kappa shape index (κ1) is 28.8. The third-order valence-corrected chi connectivity index (χ3v) is 8.29. The van der Waals surface area contributed by atoms with E-state index in [-0.39, 0.29) is 30.1 Å². The molecule has 5 rings (SSSR count). The van der Waals surface area contributed by atoms with Crippen LogP contribution in [0.15, 0.2) is 70.0 Å². The van der Waals surface area contributed by atoms with Crippen molar-refractivity contribution in [2.75, 3.05) is 12.4 Å². The van der Waals surface area contributed by atoms with Gasteiger partial charge in [-0.05, 0) is 37.5 Å². The van der Waals surface area contributed by atoms with Gasteiger partial charge >= 0.3 is 0 Å². The van der Waals surface area contributed by atoms with E-state index < -0.39 is 28.7 Å². The molecule has 0 aliphatic heterocycles. The van der Waals surface area contributed by atoms with Gasteiger partial charge in [-0.1, -0.05) is 56.3 Å². The lowest BCUT2D eigenvalue weighted by molar-refractivity contribution is -0.122. The van der Waals surface area contributed by atoms with Crippen LogP contribution in [0.4, 0.5) is 5.82 Å². The number of para-hydroxylation sites is 1. The molecule has 0 aliphatic carbocycles. The molecule has 0 bridgehead atoms. The Morgan fingerprint density at radius 1 is 1.05 bits per heavy atom. The summed E-state index contributed by atoms with van der Waals surface area (Å²) in [5, 5.41) is 14.5. The summed E-state index contributed by atoms with van der Waals surface area (Å²) < 4.78 is 8.25. The average Bonchev–Trinajstić information content (AvgIpc) is 3.66. The Hall–Kier alpha value is -4.71. The Bertz CT molecular complexity index is 1770. The van der Waals surface area contributed by atoms with E-state index >= 15 is 0 Å². The Kier molecular flexibility index (Phi) is 7.99. The largest absolute Gasteiger partial charge is 0.417 e. The van der Waals surface area contributed by atoms with Crippen LogP contribution in [0.5, 0.6) is 0 Å². The predicted molar refractivity (Wildman–Crippen MR) is 161 cm³/mol. The highest BCUT2D eigenvalue weighted by Crippen LogP contribution is 2.36. The minimum absolute atomic E-state index is 0.105. The van der Waals surface area contributed by atoms with Crippen LogP contribution < -0.4 is 16.2 Å². The molecule has 0 saturated carbocycles. The molecule has 11 nitrogen and oxygen atoms in total. The van der Waals surface area contributed by atoms with E-state index in [0.717, 1.165) is 20.8 Å². The molecule has 0 radical (unpaired) electrons. The summed E-state index contributed by atoms with van der Waals surface area (Å²) >= 11 is 1.52. The lowest BCUT2D eigenvalue weighted by Crippen LogP contribution is -2.46. The van der Waals surface area contributed by atoms with Crippen LogP contribution in [-0.4, -0.2) is 49.5 Å². The first-order chi connectivity index (χ1) is 20.1. The van der Waals surface area contributed by atoms with E-state index in [9.17, 15) is 14.4 Å². The molecule has 0 spiro atoms. The second-order valence-corrected chi connectivity index (χ2v) is 11.7. The molecule has 0 unspecified atom stereocenters. The van der Waals surface area contributed by atoms with Crippen molar-refractivity contribution in [2.45, 2.75) is 45.7 Å². The van der Waals surface area contributed by atoms with Crippen LogP contribution in [0.25, 0.3) is 21.5 Å². The normalized spacial score (nSPS) is 12.4. The van der Waals surface area contributed by atoms with Crippen LogP contribution in [-0.2, 0) is 16.8 Å². The zero-order chi connectivity index (χ0) is 30.0. The van der Waals surface area contributed by atoms with Crippen molar-refractivity contribution in [1.82, 2.24) is 30.0 Å². The number of hydrogen-bond acceptors (Lipinski definition) is 10. The number of anilines is 1. The highest BCUT2D eigenvalue weighted by molar-refractivity contribution is 7.18. The first-order valence-corrected chi connectivity index (χ1v) is 14.3. The monoisotopic (exact) mass is 585 g/mol. The lowest BCUT2D eigenvalue weighted by atomic mass is 9.94. The standard InChI is InChI=1S/C30H31N7O4S/c1-17(2)23(34-22(38)16-37-20(18-11-7-6-8-12-18)15-32-25(31-5)27(37)40)24(39)26-35-36-28(41-26)30(3,4)29-33-19-13-9-10-14-21(19)42-29/h6-15,17,23H,16H2,1-5H3,(H,31,32)(H,34,38)/t23-/m0/s1. The summed E-state index contributed by atoms with van der Waals surface area (Å²) in [5.41, 5.74) is 0.867. The molecule has 2 aromatic carbocycles. The van der Waals surface area contributed by atoms with Crippen molar-refractivity contribution in [1.29, 1.82) is 0 Å². The summed E-state index contributed by atoms with van der Waals surface area (Å²) in [4.78, 5) is 48.9. The van der Waals surface area contributed by atoms with E-state index in [1.807, 2.05) is 68.4 Å². The molecule has 1 amide bonds. The Balaban J connectivity index is 1.38. The van der Waals surface area contributed by atoms with Crippen molar-refractivity contribution in [3.8, 4) is 11.3 Å². The number of Topliss-reactive ketones (excluding diaryl/α,β-unsaturated/α-hetero) is 1. The highest BCUT2D eigenvalue weighted by atomic mass is 32.1. The third kappa shape index (κ3) is 5.57. The summed E-state index contributed by atoms with van der Waals surface area (Å²) in [6.07, 6.45) is 1.54. The maximum Gasteiger partial charge on any atom is 0.294 e. The van der Waals surface area contributed by atoms with Crippen molar-refractivity contribution in [3.05, 3.63) is 87.9 Å². The van der Waals surface area contributed by atoms with Gasteiger partial charge in [0.2, 0.25) is 17.6 Å². The average molecular weight is 586 g/mol. The summed E-state index contributed by atoms with van der Waals surface area (Å²) in [6.45, 7) is 7.10. The molecular weight excluding hydrogens is 554 g/mol. The number of carbonyl (C=O) groups is 2. The molecule has 0 fully saturated rings. The summed E-state index contributed by atoms with van der Waals surface area (Å²) in [6, 6.07) is 16.0. The van der Waals surface area contributed by atoms with E-state index in [4.69, 9.17) is 9.40 Å². The molecular formula is C30H31N7O4S. The molecule has 216 valence electrons. The fourth-order valence-electron chi connectivity index (χ4n) is 4.49. The van der Waals surface area contributed by atoms with Gasteiger partial charge in [0.15, 0.2) is 5.82 Å². The van der Waals surface area contributed by atoms with Crippen LogP contribution in [0.2, 0.25) is 0 Å². The number of carbonyl (C=O) groups excluding carboxylic acids is 2. The number of rotatable bonds is 10. The Morgan fingerprint density at radius 3 is 2.45 bits per heavy atom. The second-order valence-electron chi connectivity index (χ2n) is 10.7. The van der Waals surface area contributed by atoms with Gasteiger partial charge in [0.1, 0.15) is 11.6 Å². The van der Waals surface area contributed by atoms with Gasteiger partial charge in [-0.25, -0.2) is 9.97 Å². The number of thiazole rings is 1. The van der Waals surface area contributed by atoms with Crippen LogP contribution in [0.3, 0.4) is 0 Å². The molecule has 42 heavy (non-hydrogen) atoms. The second kappa shape index (κ2) is 11.6. The SMILES string of the molecule is CNc1ncc(-c2ccccc2)n(CC(=O)N[C@H](C(=O)c2nnc(C(C)(C)c3nc4ccccc4s3)o2)C(C)C)c1=O. The van der Waals surface area contributed by atoms with Crippen LogP contribution in [0, 0.1) is 5.92 Å². The molecule has 5 aromatic rings. The van der Waals surface area contributed by atoms with E-state index in [1.165, 1.54) is 22.1 Å². The number of hydrogen-bond donors (Lipinski definition) is 2. The number of ketones is 1. The van der Waals surface area contributed by atoms with Gasteiger partial charge in [0.05, 0.1) is 33.6 Å². The van der Waals surface area contributed by atoms with Gasteiger partial charge in [-0.3, -0.25) is 19.0 Å². The lowest BCUT2D eigenvalue weighted by Gasteiger charge is -2.21. The first-order valence-electron chi connectivity index (χ1n) is 13.5. The maximum absolute atomic E-state index is 13.5. The molecule has 0 aliphatic rings.